The minimum absolute atomic E-state index is 0.0840. The second-order valence-corrected chi connectivity index (χ2v) is 5.32. The summed E-state index contributed by atoms with van der Waals surface area (Å²) in [5.41, 5.74) is 0.558. The third kappa shape index (κ3) is 4.71. The van der Waals surface area contributed by atoms with E-state index in [1.165, 1.54) is 19.3 Å². The first kappa shape index (κ1) is 14.1. The third-order valence-corrected chi connectivity index (χ3v) is 3.38. The number of hydrogen-bond donors (Lipinski definition) is 2. The molecule has 19 heavy (non-hydrogen) atoms. The van der Waals surface area contributed by atoms with E-state index in [-0.39, 0.29) is 5.91 Å². The highest BCUT2D eigenvalue weighted by molar-refractivity contribution is 6.29. The molecule has 1 saturated carbocycles. The number of amides is 1. The predicted molar refractivity (Wildman–Crippen MR) is 77.7 cm³/mol. The number of nitrogens with zero attached hydrogens (tertiary/aromatic N) is 1. The van der Waals surface area contributed by atoms with Gasteiger partial charge in [0.2, 0.25) is 0 Å². The first-order valence-electron chi connectivity index (χ1n) is 6.88. The van der Waals surface area contributed by atoms with Crippen LogP contribution in [-0.2, 0) is 0 Å². The monoisotopic (exact) mass is 281 g/mol. The summed E-state index contributed by atoms with van der Waals surface area (Å²) < 4.78 is 0. The third-order valence-electron chi connectivity index (χ3n) is 3.19. The molecule has 5 heteroatoms. The van der Waals surface area contributed by atoms with Gasteiger partial charge in [0.15, 0.2) is 0 Å². The zero-order valence-electron chi connectivity index (χ0n) is 11.2. The molecule has 104 valence electrons. The maximum absolute atomic E-state index is 12.0. The van der Waals surface area contributed by atoms with Gasteiger partial charge in [-0.15, -0.1) is 0 Å². The van der Waals surface area contributed by atoms with E-state index in [0.717, 1.165) is 25.4 Å². The predicted octanol–water partition coefficient (Wildman–Crippen LogP) is 3.09. The molecule has 1 aliphatic rings. The lowest BCUT2D eigenvalue weighted by molar-refractivity contribution is 0.0952. The van der Waals surface area contributed by atoms with E-state index in [1.807, 2.05) is 6.92 Å². The lowest BCUT2D eigenvalue weighted by Crippen LogP contribution is -2.24. The van der Waals surface area contributed by atoms with E-state index in [2.05, 4.69) is 15.6 Å². The molecule has 2 N–H and O–H groups in total. The van der Waals surface area contributed by atoms with Crippen LogP contribution in [0.25, 0.3) is 0 Å². The molecule has 0 unspecified atom stereocenters. The van der Waals surface area contributed by atoms with Gasteiger partial charge in [-0.3, -0.25) is 4.79 Å². The van der Waals surface area contributed by atoms with Crippen molar-refractivity contribution < 1.29 is 4.79 Å². The fourth-order valence-corrected chi connectivity index (χ4v) is 2.21. The molecule has 0 aromatic carbocycles. The molecule has 2 rings (SSSR count). The Bertz CT molecular complexity index is 446. The average molecular weight is 282 g/mol. The number of nitrogens with one attached hydrogen (secondary N) is 2. The molecule has 0 bridgehead atoms. The van der Waals surface area contributed by atoms with Gasteiger partial charge in [-0.05, 0) is 37.8 Å². The van der Waals surface area contributed by atoms with E-state index in [0.29, 0.717) is 16.5 Å². The molecule has 0 radical (unpaired) electrons. The van der Waals surface area contributed by atoms with Gasteiger partial charge in [-0.2, -0.15) is 0 Å². The van der Waals surface area contributed by atoms with Gasteiger partial charge in [0, 0.05) is 18.7 Å². The summed E-state index contributed by atoms with van der Waals surface area (Å²) >= 11 is 5.91. The maximum atomic E-state index is 12.0. The highest BCUT2D eigenvalue weighted by Gasteiger charge is 2.20. The highest BCUT2D eigenvalue weighted by atomic mass is 35.5. The molecule has 0 saturated heterocycles. The van der Waals surface area contributed by atoms with Crippen LogP contribution in [0.3, 0.4) is 0 Å². The molecule has 0 aliphatic heterocycles. The molecule has 1 aliphatic carbocycles. The second kappa shape index (κ2) is 6.75. The fraction of sp³-hybridized carbons (Fsp3) is 0.571. The van der Waals surface area contributed by atoms with Crippen molar-refractivity contribution in [3.8, 4) is 0 Å². The minimum Gasteiger partial charge on any atom is -0.370 e. The fourth-order valence-electron chi connectivity index (χ4n) is 2.00. The number of hydrogen-bond acceptors (Lipinski definition) is 3. The number of halogens is 1. The van der Waals surface area contributed by atoms with Crippen molar-refractivity contribution in [3.05, 3.63) is 22.8 Å². The van der Waals surface area contributed by atoms with E-state index in [9.17, 15) is 4.79 Å². The summed E-state index contributed by atoms with van der Waals surface area (Å²) in [6.07, 6.45) is 5.00. The number of carbonyl (C=O) groups is 1. The van der Waals surface area contributed by atoms with Gasteiger partial charge in [0.1, 0.15) is 11.0 Å². The molecule has 1 fully saturated rings. The van der Waals surface area contributed by atoms with Crippen molar-refractivity contribution in [1.82, 2.24) is 10.3 Å². The van der Waals surface area contributed by atoms with E-state index >= 15 is 0 Å². The van der Waals surface area contributed by atoms with Crippen molar-refractivity contribution in [2.24, 2.45) is 5.92 Å². The van der Waals surface area contributed by atoms with Gasteiger partial charge in [-0.25, -0.2) is 4.98 Å². The molecule has 1 heterocycles. The van der Waals surface area contributed by atoms with Gasteiger partial charge < -0.3 is 10.6 Å². The van der Waals surface area contributed by atoms with E-state index < -0.39 is 0 Å². The maximum Gasteiger partial charge on any atom is 0.251 e. The largest absolute Gasteiger partial charge is 0.370 e. The summed E-state index contributed by atoms with van der Waals surface area (Å²) in [6.45, 7) is 3.45. The SMILES string of the molecule is CCNc1cc(C(=O)NCCCC2CC2)cc(Cl)n1. The average Bonchev–Trinajstić information content (AvgIpc) is 3.18. The van der Waals surface area contributed by atoms with Crippen molar-refractivity contribution in [2.75, 3.05) is 18.4 Å². The molecule has 1 aromatic heterocycles. The Hall–Kier alpha value is -1.29. The molecular weight excluding hydrogens is 262 g/mol. The van der Waals surface area contributed by atoms with Crippen molar-refractivity contribution in [1.29, 1.82) is 0 Å². The van der Waals surface area contributed by atoms with Gasteiger partial charge in [0.05, 0.1) is 0 Å². The summed E-state index contributed by atoms with van der Waals surface area (Å²) in [4.78, 5) is 16.1. The van der Waals surface area contributed by atoms with Crippen LogP contribution in [-0.4, -0.2) is 24.0 Å². The molecule has 0 spiro atoms. The van der Waals surface area contributed by atoms with Crippen LogP contribution in [0, 0.1) is 5.92 Å². The van der Waals surface area contributed by atoms with Crippen LogP contribution >= 0.6 is 11.6 Å². The smallest absolute Gasteiger partial charge is 0.251 e. The Morgan fingerprint density at radius 3 is 2.95 bits per heavy atom. The molecular formula is C14H20ClN3O. The lowest BCUT2D eigenvalue weighted by atomic mass is 10.2. The quantitative estimate of drug-likeness (QED) is 0.596. The van der Waals surface area contributed by atoms with Gasteiger partial charge >= 0.3 is 0 Å². The van der Waals surface area contributed by atoms with E-state index in [1.54, 1.807) is 12.1 Å². The zero-order chi connectivity index (χ0) is 13.7. The lowest BCUT2D eigenvalue weighted by Gasteiger charge is -2.08. The Kier molecular flexibility index (Phi) is 5.02. The van der Waals surface area contributed by atoms with Crippen LogP contribution in [0.4, 0.5) is 5.82 Å². The summed E-state index contributed by atoms with van der Waals surface area (Å²) in [6, 6.07) is 3.32. The summed E-state index contributed by atoms with van der Waals surface area (Å²) in [5.74, 6) is 1.46. The summed E-state index contributed by atoms with van der Waals surface area (Å²) in [7, 11) is 0. The van der Waals surface area contributed by atoms with E-state index in [4.69, 9.17) is 11.6 Å². The Balaban J connectivity index is 1.85. The van der Waals surface area contributed by atoms with Crippen LogP contribution in [0.2, 0.25) is 5.15 Å². The topological polar surface area (TPSA) is 54.0 Å². The normalized spacial score (nSPS) is 14.2. The highest BCUT2D eigenvalue weighted by Crippen LogP contribution is 2.33. The first-order valence-corrected chi connectivity index (χ1v) is 7.26. The van der Waals surface area contributed by atoms with Crippen LogP contribution < -0.4 is 10.6 Å². The number of rotatable bonds is 7. The van der Waals surface area contributed by atoms with Crippen LogP contribution in [0.5, 0.6) is 0 Å². The van der Waals surface area contributed by atoms with Crippen LogP contribution in [0.15, 0.2) is 12.1 Å². The number of carbonyl (C=O) groups excluding carboxylic acids is 1. The summed E-state index contributed by atoms with van der Waals surface area (Å²) in [5, 5.41) is 6.32. The van der Waals surface area contributed by atoms with Gasteiger partial charge in [-0.1, -0.05) is 24.4 Å². The molecule has 1 aromatic rings. The van der Waals surface area contributed by atoms with Crippen molar-refractivity contribution in [2.45, 2.75) is 32.6 Å². The molecule has 1 amide bonds. The Labute approximate surface area is 118 Å². The van der Waals surface area contributed by atoms with Crippen LogP contribution in [0.1, 0.15) is 43.0 Å². The molecule has 0 atom stereocenters. The number of anilines is 1. The van der Waals surface area contributed by atoms with Gasteiger partial charge in [0.25, 0.3) is 5.91 Å². The first-order chi connectivity index (χ1) is 9.19. The Morgan fingerprint density at radius 1 is 1.47 bits per heavy atom. The van der Waals surface area contributed by atoms with Crippen molar-refractivity contribution in [3.63, 3.8) is 0 Å². The Morgan fingerprint density at radius 2 is 2.26 bits per heavy atom. The zero-order valence-corrected chi connectivity index (χ0v) is 12.0. The molecule has 4 nitrogen and oxygen atoms in total. The second-order valence-electron chi connectivity index (χ2n) is 4.94. The number of pyridine rings is 1. The van der Waals surface area contributed by atoms with Crippen molar-refractivity contribution >= 4 is 23.3 Å². The standard InChI is InChI=1S/C14H20ClN3O/c1-2-16-13-9-11(8-12(15)18-13)14(19)17-7-3-4-10-5-6-10/h8-10H,2-7H2,1H3,(H,16,18)(H,17,19). The minimum atomic E-state index is -0.0840. The number of aromatic nitrogens is 1.